The molecule has 1 saturated heterocycles. The van der Waals surface area contributed by atoms with Crippen molar-refractivity contribution in [3.8, 4) is 17.4 Å². The minimum atomic E-state index is -1.11. The lowest BCUT2D eigenvalue weighted by Crippen LogP contribution is -2.42. The van der Waals surface area contributed by atoms with Gasteiger partial charge in [0.1, 0.15) is 23.3 Å². The number of carboxylic acid groups (broad SMARTS) is 1. The molecule has 9 nitrogen and oxygen atoms in total. The predicted molar refractivity (Wildman–Crippen MR) is 98.0 cm³/mol. The van der Waals surface area contributed by atoms with E-state index in [0.717, 1.165) is 19.5 Å². The summed E-state index contributed by atoms with van der Waals surface area (Å²) >= 11 is 0. The zero-order chi connectivity index (χ0) is 20.1. The molecule has 1 aliphatic heterocycles. The summed E-state index contributed by atoms with van der Waals surface area (Å²) in [6, 6.07) is 4.32. The second-order valence-corrected chi connectivity index (χ2v) is 6.37. The molecular weight excluding hydrogens is 366 g/mol. The zero-order valence-electron chi connectivity index (χ0n) is 15.6. The average Bonchev–Trinajstić information content (AvgIpc) is 2.60. The Kier molecular flexibility index (Phi) is 6.05. The van der Waals surface area contributed by atoms with Crippen molar-refractivity contribution in [1.29, 1.82) is 0 Å². The van der Waals surface area contributed by atoms with Crippen molar-refractivity contribution >= 4 is 11.9 Å². The van der Waals surface area contributed by atoms with E-state index in [1.54, 1.807) is 25.0 Å². The van der Waals surface area contributed by atoms with Crippen molar-refractivity contribution in [3.63, 3.8) is 0 Å². The standard InChI is InChI=1S/C19H21N3O6/c1-12(11-26-2)27-14-6-13(19(24)25)7-15(8-14)28-17-10-20-16(9-21-17)18(23)22-4-3-5-22/h6-10,12H,3-5,11H2,1-2H3,(H,24,25)/t12-/m0/s1. The number of methoxy groups -OCH3 is 1. The van der Waals surface area contributed by atoms with Crippen LogP contribution in [0.4, 0.5) is 0 Å². The summed E-state index contributed by atoms with van der Waals surface area (Å²) in [7, 11) is 1.55. The molecule has 28 heavy (non-hydrogen) atoms. The van der Waals surface area contributed by atoms with Gasteiger partial charge in [0.05, 0.1) is 24.6 Å². The number of aromatic nitrogens is 2. The summed E-state index contributed by atoms with van der Waals surface area (Å²) in [4.78, 5) is 33.4. The van der Waals surface area contributed by atoms with Crippen molar-refractivity contribution in [2.24, 2.45) is 0 Å². The Hall–Kier alpha value is -3.20. The fraction of sp³-hybridized carbons (Fsp3) is 0.368. The minimum absolute atomic E-state index is 0.00894. The van der Waals surface area contributed by atoms with Crippen molar-refractivity contribution in [1.82, 2.24) is 14.9 Å². The predicted octanol–water partition coefficient (Wildman–Crippen LogP) is 2.23. The van der Waals surface area contributed by atoms with Crippen LogP contribution in [0.3, 0.4) is 0 Å². The third kappa shape index (κ3) is 4.74. The number of hydrogen-bond acceptors (Lipinski definition) is 7. The first kappa shape index (κ1) is 19.6. The van der Waals surface area contributed by atoms with Gasteiger partial charge >= 0.3 is 5.97 Å². The molecule has 2 heterocycles. The van der Waals surface area contributed by atoms with Gasteiger partial charge in [-0.1, -0.05) is 0 Å². The summed E-state index contributed by atoms with van der Waals surface area (Å²) in [5.41, 5.74) is 0.249. The number of carbonyl (C=O) groups excluding carboxylic acids is 1. The normalized spacial score (nSPS) is 14.1. The summed E-state index contributed by atoms with van der Waals surface area (Å²) in [6.07, 6.45) is 3.39. The van der Waals surface area contributed by atoms with Crippen LogP contribution in [0, 0.1) is 0 Å². The smallest absolute Gasteiger partial charge is 0.335 e. The molecule has 0 saturated carbocycles. The third-order valence-corrected chi connectivity index (χ3v) is 4.08. The van der Waals surface area contributed by atoms with Gasteiger partial charge in [-0.25, -0.2) is 14.8 Å². The van der Waals surface area contributed by atoms with Gasteiger partial charge in [-0.15, -0.1) is 0 Å². The van der Waals surface area contributed by atoms with Crippen LogP contribution in [-0.2, 0) is 4.74 Å². The number of amides is 1. The van der Waals surface area contributed by atoms with Gasteiger partial charge in [-0.2, -0.15) is 0 Å². The number of carboxylic acids is 1. The Bertz CT molecular complexity index is 851. The number of likely N-dealkylation sites (tertiary alicyclic amines) is 1. The molecule has 1 N–H and O–H groups in total. The number of rotatable bonds is 8. The monoisotopic (exact) mass is 387 g/mol. The van der Waals surface area contributed by atoms with Crippen LogP contribution in [0.25, 0.3) is 0 Å². The lowest BCUT2D eigenvalue weighted by Gasteiger charge is -2.30. The van der Waals surface area contributed by atoms with Gasteiger partial charge in [0.25, 0.3) is 5.91 Å². The molecule has 0 bridgehead atoms. The topological polar surface area (TPSA) is 111 Å². The molecule has 148 valence electrons. The molecule has 0 aliphatic carbocycles. The van der Waals surface area contributed by atoms with Crippen molar-refractivity contribution in [3.05, 3.63) is 41.9 Å². The second kappa shape index (κ2) is 8.66. The van der Waals surface area contributed by atoms with E-state index in [9.17, 15) is 14.7 Å². The van der Waals surface area contributed by atoms with Gasteiger partial charge in [-0.05, 0) is 25.5 Å². The largest absolute Gasteiger partial charge is 0.488 e. The molecule has 9 heteroatoms. The molecule has 1 aliphatic rings. The van der Waals surface area contributed by atoms with E-state index in [1.807, 2.05) is 0 Å². The van der Waals surface area contributed by atoms with Gasteiger partial charge in [-0.3, -0.25) is 4.79 Å². The molecular formula is C19H21N3O6. The Balaban J connectivity index is 1.75. The Labute approximate surface area is 161 Å². The van der Waals surface area contributed by atoms with E-state index in [-0.39, 0.29) is 34.9 Å². The van der Waals surface area contributed by atoms with Gasteiger partial charge < -0.3 is 24.2 Å². The molecule has 0 spiro atoms. The molecule has 1 aromatic heterocycles. The number of carbonyl (C=O) groups is 2. The lowest BCUT2D eigenvalue weighted by atomic mass is 10.2. The molecule has 1 amide bonds. The van der Waals surface area contributed by atoms with Crippen molar-refractivity contribution < 1.29 is 28.9 Å². The molecule has 1 aromatic carbocycles. The molecule has 1 atom stereocenters. The maximum absolute atomic E-state index is 12.1. The maximum atomic E-state index is 12.1. The van der Waals surface area contributed by atoms with Crippen LogP contribution < -0.4 is 9.47 Å². The Morgan fingerprint density at radius 2 is 1.93 bits per heavy atom. The summed E-state index contributed by atoms with van der Waals surface area (Å²) < 4.78 is 16.3. The fourth-order valence-electron chi connectivity index (χ4n) is 2.60. The average molecular weight is 387 g/mol. The molecule has 0 unspecified atom stereocenters. The van der Waals surface area contributed by atoms with E-state index in [1.165, 1.54) is 24.5 Å². The highest BCUT2D eigenvalue weighted by molar-refractivity contribution is 5.92. The molecule has 3 rings (SSSR count). The second-order valence-electron chi connectivity index (χ2n) is 6.37. The number of aromatic carboxylic acids is 1. The minimum Gasteiger partial charge on any atom is -0.488 e. The van der Waals surface area contributed by atoms with E-state index in [2.05, 4.69) is 9.97 Å². The summed E-state index contributed by atoms with van der Waals surface area (Å²) in [6.45, 7) is 3.61. The SMILES string of the molecule is COC[C@H](C)Oc1cc(Oc2cnc(C(=O)N3CCC3)cn2)cc(C(=O)O)c1. The van der Waals surface area contributed by atoms with Crippen molar-refractivity contribution in [2.45, 2.75) is 19.4 Å². The Morgan fingerprint density at radius 1 is 1.18 bits per heavy atom. The number of hydrogen-bond donors (Lipinski definition) is 1. The summed E-state index contributed by atoms with van der Waals surface area (Å²) in [5, 5.41) is 9.31. The highest BCUT2D eigenvalue weighted by Crippen LogP contribution is 2.27. The molecule has 1 fully saturated rings. The lowest BCUT2D eigenvalue weighted by molar-refractivity contribution is 0.0643. The van der Waals surface area contributed by atoms with Crippen LogP contribution >= 0.6 is 0 Å². The number of ether oxygens (including phenoxy) is 3. The first-order chi connectivity index (χ1) is 13.5. The molecule has 0 radical (unpaired) electrons. The van der Waals surface area contributed by atoms with Gasteiger partial charge in [0, 0.05) is 26.3 Å². The first-order valence-corrected chi connectivity index (χ1v) is 8.79. The zero-order valence-corrected chi connectivity index (χ0v) is 15.6. The van der Waals surface area contributed by atoms with Crippen LogP contribution in [0.1, 0.15) is 34.2 Å². The van der Waals surface area contributed by atoms with Gasteiger partial charge in [0.15, 0.2) is 0 Å². The quantitative estimate of drug-likeness (QED) is 0.734. The summed E-state index contributed by atoms with van der Waals surface area (Å²) in [5.74, 6) is -0.580. The van der Waals surface area contributed by atoms with Crippen LogP contribution in [-0.4, -0.2) is 64.8 Å². The van der Waals surface area contributed by atoms with Crippen molar-refractivity contribution in [2.75, 3.05) is 26.8 Å². The van der Waals surface area contributed by atoms with Crippen LogP contribution in [0.5, 0.6) is 17.4 Å². The fourth-order valence-corrected chi connectivity index (χ4v) is 2.60. The highest BCUT2D eigenvalue weighted by atomic mass is 16.5. The van der Waals surface area contributed by atoms with E-state index < -0.39 is 5.97 Å². The Morgan fingerprint density at radius 3 is 2.50 bits per heavy atom. The maximum Gasteiger partial charge on any atom is 0.335 e. The van der Waals surface area contributed by atoms with Gasteiger partial charge in [0.2, 0.25) is 5.88 Å². The van der Waals surface area contributed by atoms with Crippen LogP contribution in [0.15, 0.2) is 30.6 Å². The molecule has 2 aromatic rings. The third-order valence-electron chi connectivity index (χ3n) is 4.08. The van der Waals surface area contributed by atoms with E-state index >= 15 is 0 Å². The first-order valence-electron chi connectivity index (χ1n) is 8.79. The van der Waals surface area contributed by atoms with E-state index in [0.29, 0.717) is 12.4 Å². The van der Waals surface area contributed by atoms with Crippen LogP contribution in [0.2, 0.25) is 0 Å². The van der Waals surface area contributed by atoms with E-state index in [4.69, 9.17) is 14.2 Å². The highest BCUT2D eigenvalue weighted by Gasteiger charge is 2.23. The number of benzene rings is 1. The number of nitrogens with zero attached hydrogens (tertiary/aromatic N) is 3.